The zero-order valence-electron chi connectivity index (χ0n) is 13.4. The molecule has 0 fully saturated rings. The van der Waals surface area contributed by atoms with E-state index in [1.807, 2.05) is 26.1 Å². The Labute approximate surface area is 134 Å². The van der Waals surface area contributed by atoms with Crippen molar-refractivity contribution < 1.29 is 13.9 Å². The molecule has 0 amide bonds. The molecule has 0 atom stereocenters. The number of ether oxygens (including phenoxy) is 1. The van der Waals surface area contributed by atoms with Crippen molar-refractivity contribution in [2.24, 2.45) is 0 Å². The molecule has 4 nitrogen and oxygen atoms in total. The lowest BCUT2D eigenvalue weighted by Gasteiger charge is -2.02. The Morgan fingerprint density at radius 3 is 2.39 bits per heavy atom. The second kappa shape index (κ2) is 7.54. The second-order valence-electron chi connectivity index (χ2n) is 4.54. The van der Waals surface area contributed by atoms with Gasteiger partial charge in [-0.3, -0.25) is 0 Å². The summed E-state index contributed by atoms with van der Waals surface area (Å²) in [6, 6.07) is 9.93. The first-order valence-electron chi connectivity index (χ1n) is 7.59. The third-order valence-corrected chi connectivity index (χ3v) is 3.11. The molecule has 2 aromatic heterocycles. The van der Waals surface area contributed by atoms with Crippen LogP contribution in [0, 0.1) is 5.82 Å². The van der Waals surface area contributed by atoms with Gasteiger partial charge in [0.05, 0.1) is 6.61 Å². The van der Waals surface area contributed by atoms with Crippen LogP contribution in [0.3, 0.4) is 0 Å². The van der Waals surface area contributed by atoms with Crippen LogP contribution in [0.15, 0.2) is 48.8 Å². The number of aromatic nitrogens is 2. The molecule has 0 aliphatic rings. The SMILES string of the molecule is CC.CCOC(=O)c1cn2cc(-c3ccc(F)cc3)ccc2n1. The van der Waals surface area contributed by atoms with E-state index in [-0.39, 0.29) is 11.5 Å². The van der Waals surface area contributed by atoms with E-state index in [9.17, 15) is 9.18 Å². The number of hydrogen-bond acceptors (Lipinski definition) is 3. The predicted octanol–water partition coefficient (Wildman–Crippen LogP) is 4.34. The van der Waals surface area contributed by atoms with E-state index in [2.05, 4.69) is 4.98 Å². The summed E-state index contributed by atoms with van der Waals surface area (Å²) in [7, 11) is 0. The van der Waals surface area contributed by atoms with Crippen molar-refractivity contribution in [1.29, 1.82) is 0 Å². The van der Waals surface area contributed by atoms with Gasteiger partial charge in [-0.2, -0.15) is 0 Å². The smallest absolute Gasteiger partial charge is 0.358 e. The van der Waals surface area contributed by atoms with E-state index in [1.54, 1.807) is 35.7 Å². The first-order chi connectivity index (χ1) is 11.2. The van der Waals surface area contributed by atoms with Gasteiger partial charge in [0.2, 0.25) is 0 Å². The molecule has 0 radical (unpaired) electrons. The van der Waals surface area contributed by atoms with Crippen LogP contribution < -0.4 is 0 Å². The Balaban J connectivity index is 0.000000924. The fourth-order valence-electron chi connectivity index (χ4n) is 2.11. The van der Waals surface area contributed by atoms with Crippen molar-refractivity contribution in [3.63, 3.8) is 0 Å². The maximum Gasteiger partial charge on any atom is 0.358 e. The quantitative estimate of drug-likeness (QED) is 0.675. The number of esters is 1. The number of carbonyl (C=O) groups is 1. The number of hydrogen-bond donors (Lipinski definition) is 0. The Kier molecular flexibility index (Phi) is 5.46. The molecule has 0 aliphatic carbocycles. The Morgan fingerprint density at radius 2 is 1.74 bits per heavy atom. The highest BCUT2D eigenvalue weighted by Crippen LogP contribution is 2.20. The molecule has 0 saturated carbocycles. The van der Waals surface area contributed by atoms with Gasteiger partial charge < -0.3 is 9.14 Å². The van der Waals surface area contributed by atoms with Gasteiger partial charge >= 0.3 is 5.97 Å². The van der Waals surface area contributed by atoms with Crippen LogP contribution >= 0.6 is 0 Å². The number of imidazole rings is 1. The van der Waals surface area contributed by atoms with Crippen molar-refractivity contribution in [3.8, 4) is 11.1 Å². The third kappa shape index (κ3) is 3.74. The standard InChI is InChI=1S/C16H13FN2O2.C2H6/c1-2-21-16(20)14-10-19-9-12(5-8-15(19)18-14)11-3-6-13(17)7-4-11;1-2/h3-10H,2H2,1H3;1-2H3. The number of halogens is 1. The highest BCUT2D eigenvalue weighted by Gasteiger charge is 2.11. The molecule has 0 bridgehead atoms. The summed E-state index contributed by atoms with van der Waals surface area (Å²) in [6.45, 7) is 6.06. The number of benzene rings is 1. The highest BCUT2D eigenvalue weighted by atomic mass is 19.1. The lowest BCUT2D eigenvalue weighted by Crippen LogP contribution is -2.04. The van der Waals surface area contributed by atoms with Crippen LogP contribution in [0.4, 0.5) is 4.39 Å². The van der Waals surface area contributed by atoms with Crippen molar-refractivity contribution in [2.45, 2.75) is 20.8 Å². The molecular formula is C18H19FN2O2. The number of nitrogens with zero attached hydrogens (tertiary/aromatic N) is 2. The van der Waals surface area contributed by atoms with Gasteiger partial charge in [-0.1, -0.05) is 26.0 Å². The first kappa shape index (κ1) is 16.7. The molecule has 0 N–H and O–H groups in total. The number of carbonyl (C=O) groups excluding carboxylic acids is 1. The molecule has 3 aromatic rings. The van der Waals surface area contributed by atoms with E-state index in [0.717, 1.165) is 11.1 Å². The molecule has 5 heteroatoms. The van der Waals surface area contributed by atoms with E-state index >= 15 is 0 Å². The fourth-order valence-corrected chi connectivity index (χ4v) is 2.11. The van der Waals surface area contributed by atoms with Gasteiger partial charge in [-0.05, 0) is 42.3 Å². The average molecular weight is 314 g/mol. The predicted molar refractivity (Wildman–Crippen MR) is 87.9 cm³/mol. The first-order valence-corrected chi connectivity index (χ1v) is 7.59. The summed E-state index contributed by atoms with van der Waals surface area (Å²) >= 11 is 0. The van der Waals surface area contributed by atoms with Crippen LogP contribution in [-0.2, 0) is 4.74 Å². The molecule has 23 heavy (non-hydrogen) atoms. The van der Waals surface area contributed by atoms with Gasteiger partial charge in [0.25, 0.3) is 0 Å². The molecule has 0 aliphatic heterocycles. The summed E-state index contributed by atoms with van der Waals surface area (Å²) in [5.41, 5.74) is 2.73. The summed E-state index contributed by atoms with van der Waals surface area (Å²) in [5, 5.41) is 0. The summed E-state index contributed by atoms with van der Waals surface area (Å²) in [6.07, 6.45) is 3.47. The van der Waals surface area contributed by atoms with Crippen molar-refractivity contribution in [3.05, 3.63) is 60.3 Å². The van der Waals surface area contributed by atoms with E-state index in [4.69, 9.17) is 4.74 Å². The largest absolute Gasteiger partial charge is 0.461 e. The minimum atomic E-state index is -0.440. The normalized spacial score (nSPS) is 10.1. The minimum Gasteiger partial charge on any atom is -0.461 e. The fraction of sp³-hybridized carbons (Fsp3) is 0.222. The topological polar surface area (TPSA) is 43.6 Å². The van der Waals surface area contributed by atoms with Crippen LogP contribution in [0.25, 0.3) is 16.8 Å². The van der Waals surface area contributed by atoms with Crippen LogP contribution in [0.2, 0.25) is 0 Å². The van der Waals surface area contributed by atoms with Crippen LogP contribution in [0.5, 0.6) is 0 Å². The summed E-state index contributed by atoms with van der Waals surface area (Å²) < 4.78 is 19.6. The third-order valence-electron chi connectivity index (χ3n) is 3.11. The van der Waals surface area contributed by atoms with Crippen molar-refractivity contribution in [1.82, 2.24) is 9.38 Å². The lowest BCUT2D eigenvalue weighted by molar-refractivity contribution is 0.0520. The van der Waals surface area contributed by atoms with E-state index in [0.29, 0.717) is 12.3 Å². The maximum absolute atomic E-state index is 13.0. The molecule has 3 rings (SSSR count). The molecule has 1 aromatic carbocycles. The van der Waals surface area contributed by atoms with Crippen LogP contribution in [-0.4, -0.2) is 22.0 Å². The molecule has 120 valence electrons. The summed E-state index contributed by atoms with van der Waals surface area (Å²) in [4.78, 5) is 15.9. The minimum absolute atomic E-state index is 0.271. The lowest BCUT2D eigenvalue weighted by atomic mass is 10.1. The van der Waals surface area contributed by atoms with Gasteiger partial charge in [0.1, 0.15) is 11.5 Å². The maximum atomic E-state index is 13.0. The molecule has 0 spiro atoms. The molecule has 0 saturated heterocycles. The number of fused-ring (bicyclic) bond motifs is 1. The zero-order valence-corrected chi connectivity index (χ0v) is 13.4. The van der Waals surface area contributed by atoms with Gasteiger partial charge in [0, 0.05) is 12.4 Å². The van der Waals surface area contributed by atoms with Crippen LogP contribution in [0.1, 0.15) is 31.3 Å². The van der Waals surface area contributed by atoms with Crippen molar-refractivity contribution in [2.75, 3.05) is 6.61 Å². The summed E-state index contributed by atoms with van der Waals surface area (Å²) in [5.74, 6) is -0.711. The average Bonchev–Trinajstić information content (AvgIpc) is 3.01. The van der Waals surface area contributed by atoms with E-state index in [1.165, 1.54) is 12.1 Å². The van der Waals surface area contributed by atoms with Crippen molar-refractivity contribution >= 4 is 11.6 Å². The van der Waals surface area contributed by atoms with E-state index < -0.39 is 5.97 Å². The van der Waals surface area contributed by atoms with Gasteiger partial charge in [0.15, 0.2) is 5.69 Å². The second-order valence-corrected chi connectivity index (χ2v) is 4.54. The molecule has 2 heterocycles. The Morgan fingerprint density at radius 1 is 1.09 bits per heavy atom. The monoisotopic (exact) mass is 314 g/mol. The number of rotatable bonds is 3. The molecule has 0 unspecified atom stereocenters. The highest BCUT2D eigenvalue weighted by molar-refractivity contribution is 5.88. The molecular weight excluding hydrogens is 295 g/mol. The number of pyridine rings is 1. The Hall–Kier alpha value is -2.69. The van der Waals surface area contributed by atoms with Gasteiger partial charge in [-0.25, -0.2) is 14.2 Å². The Bertz CT molecular complexity index is 794. The van der Waals surface area contributed by atoms with Gasteiger partial charge in [-0.15, -0.1) is 0 Å². The zero-order chi connectivity index (χ0) is 16.8.